The van der Waals surface area contributed by atoms with Crippen molar-refractivity contribution in [2.75, 3.05) is 18.7 Å². The molecule has 1 N–H and O–H groups in total. The van der Waals surface area contributed by atoms with Gasteiger partial charge in [-0.25, -0.2) is 4.79 Å². The molecule has 0 fully saturated rings. The number of benzene rings is 2. The number of hydrogen-bond donors (Lipinski definition) is 1. The van der Waals surface area contributed by atoms with E-state index in [4.69, 9.17) is 21.1 Å². The molecule has 1 heterocycles. The van der Waals surface area contributed by atoms with E-state index in [2.05, 4.69) is 18.9 Å². The molecule has 0 aliphatic carbocycles. The van der Waals surface area contributed by atoms with E-state index >= 15 is 0 Å². The maximum atomic E-state index is 13.0. The van der Waals surface area contributed by atoms with Crippen molar-refractivity contribution >= 4 is 41.0 Å². The third-order valence-electron chi connectivity index (χ3n) is 4.94. The first-order valence-corrected chi connectivity index (χ1v) is 10.5. The Morgan fingerprint density at radius 3 is 2.62 bits per heavy atom. The van der Waals surface area contributed by atoms with Gasteiger partial charge in [-0.05, 0) is 61.2 Å². The Kier molecular flexibility index (Phi) is 7.20. The van der Waals surface area contributed by atoms with Crippen molar-refractivity contribution in [1.29, 1.82) is 0 Å². The van der Waals surface area contributed by atoms with E-state index in [0.717, 1.165) is 12.0 Å². The molecule has 8 heteroatoms. The number of halogens is 1. The van der Waals surface area contributed by atoms with Crippen molar-refractivity contribution in [2.24, 2.45) is 11.0 Å². The Hall–Kier alpha value is -3.32. The number of carbonyl (C=O) groups is 2. The summed E-state index contributed by atoms with van der Waals surface area (Å²) in [5.41, 5.74) is 1.89. The van der Waals surface area contributed by atoms with Crippen molar-refractivity contribution in [3.63, 3.8) is 0 Å². The third-order valence-corrected chi connectivity index (χ3v) is 5.27. The van der Waals surface area contributed by atoms with Gasteiger partial charge in [0.1, 0.15) is 0 Å². The van der Waals surface area contributed by atoms with Crippen LogP contribution in [0.25, 0.3) is 6.08 Å². The van der Waals surface area contributed by atoms with Crippen LogP contribution in [0.1, 0.15) is 43.1 Å². The zero-order chi connectivity index (χ0) is 23.4. The minimum Gasteiger partial charge on any atom is -0.493 e. The van der Waals surface area contributed by atoms with E-state index in [0.29, 0.717) is 41.0 Å². The molecule has 1 aliphatic heterocycles. The van der Waals surface area contributed by atoms with Crippen LogP contribution in [0.2, 0.25) is 5.02 Å². The van der Waals surface area contributed by atoms with Gasteiger partial charge in [0, 0.05) is 0 Å². The normalized spacial score (nSPS) is 14.8. The molecule has 0 aromatic heterocycles. The number of rotatable bonds is 8. The molecule has 0 bridgehead atoms. The van der Waals surface area contributed by atoms with E-state index in [-0.39, 0.29) is 16.5 Å². The fraction of sp³-hybridized carbons (Fsp3) is 0.292. The summed E-state index contributed by atoms with van der Waals surface area (Å²) < 4.78 is 11.3. The van der Waals surface area contributed by atoms with Crippen molar-refractivity contribution < 1.29 is 24.2 Å². The third kappa shape index (κ3) is 5.11. The first-order chi connectivity index (χ1) is 15.2. The zero-order valence-corrected chi connectivity index (χ0v) is 19.1. The van der Waals surface area contributed by atoms with Gasteiger partial charge >= 0.3 is 5.97 Å². The summed E-state index contributed by atoms with van der Waals surface area (Å²) in [6.45, 7) is 6.58. The maximum Gasteiger partial charge on any atom is 0.337 e. The highest BCUT2D eigenvalue weighted by Crippen LogP contribution is 2.32. The number of anilines is 1. The van der Waals surface area contributed by atoms with E-state index in [1.165, 1.54) is 17.1 Å². The van der Waals surface area contributed by atoms with Crippen molar-refractivity contribution in [2.45, 2.75) is 27.2 Å². The first-order valence-electron chi connectivity index (χ1n) is 10.2. The molecule has 32 heavy (non-hydrogen) atoms. The zero-order valence-electron chi connectivity index (χ0n) is 18.4. The van der Waals surface area contributed by atoms with Crippen LogP contribution in [0, 0.1) is 5.92 Å². The lowest BCUT2D eigenvalue weighted by atomic mass is 10.1. The number of carbonyl (C=O) groups excluding carboxylic acids is 1. The number of aromatic carboxylic acids is 1. The summed E-state index contributed by atoms with van der Waals surface area (Å²) in [6.07, 6.45) is 2.65. The summed E-state index contributed by atoms with van der Waals surface area (Å²) in [5, 5.41) is 14.9. The SMILES string of the molecule is COc1cc(/C=C2\C(=O)N(c3ccc(Cl)c(C(=O)O)c3)N=C2C)ccc1OCCC(C)C. The fourth-order valence-electron chi connectivity index (χ4n) is 3.13. The lowest BCUT2D eigenvalue weighted by Crippen LogP contribution is -2.21. The molecule has 0 spiro atoms. The van der Waals surface area contributed by atoms with Gasteiger partial charge in [0.25, 0.3) is 5.91 Å². The molecule has 0 saturated carbocycles. The van der Waals surface area contributed by atoms with Crippen LogP contribution in [0.15, 0.2) is 47.1 Å². The predicted molar refractivity (Wildman–Crippen MR) is 125 cm³/mol. The summed E-state index contributed by atoms with van der Waals surface area (Å²) >= 11 is 5.93. The molecule has 0 unspecified atom stereocenters. The number of methoxy groups -OCH3 is 1. The summed E-state index contributed by atoms with van der Waals surface area (Å²) in [7, 11) is 1.57. The van der Waals surface area contributed by atoms with Crippen LogP contribution in [-0.4, -0.2) is 36.4 Å². The van der Waals surface area contributed by atoms with Gasteiger partial charge in [-0.15, -0.1) is 0 Å². The molecule has 0 saturated heterocycles. The average molecular weight is 457 g/mol. The number of carboxylic acids is 1. The van der Waals surface area contributed by atoms with Gasteiger partial charge in [-0.2, -0.15) is 10.1 Å². The smallest absolute Gasteiger partial charge is 0.337 e. The number of carboxylic acid groups (broad SMARTS) is 1. The van der Waals surface area contributed by atoms with E-state index in [1.807, 2.05) is 12.1 Å². The lowest BCUT2D eigenvalue weighted by Gasteiger charge is -2.13. The number of nitrogens with zero attached hydrogens (tertiary/aromatic N) is 2. The summed E-state index contributed by atoms with van der Waals surface area (Å²) in [5.74, 6) is 0.210. The predicted octanol–water partition coefficient (Wildman–Crippen LogP) is 5.28. The van der Waals surface area contributed by atoms with Crippen molar-refractivity contribution in [1.82, 2.24) is 0 Å². The molecule has 2 aromatic carbocycles. The van der Waals surface area contributed by atoms with Gasteiger partial charge in [-0.1, -0.05) is 31.5 Å². The maximum absolute atomic E-state index is 13.0. The molecule has 3 rings (SSSR count). The monoisotopic (exact) mass is 456 g/mol. The van der Waals surface area contributed by atoms with Crippen LogP contribution in [-0.2, 0) is 4.79 Å². The van der Waals surface area contributed by atoms with E-state index < -0.39 is 5.97 Å². The van der Waals surface area contributed by atoms with Crippen LogP contribution in [0.3, 0.4) is 0 Å². The quantitative estimate of drug-likeness (QED) is 0.546. The molecular formula is C24H25ClN2O5. The fourth-order valence-corrected chi connectivity index (χ4v) is 3.33. The van der Waals surface area contributed by atoms with Gasteiger partial charge < -0.3 is 14.6 Å². The highest BCUT2D eigenvalue weighted by molar-refractivity contribution is 6.34. The lowest BCUT2D eigenvalue weighted by molar-refractivity contribution is -0.114. The second-order valence-electron chi connectivity index (χ2n) is 7.77. The molecule has 0 radical (unpaired) electrons. The summed E-state index contributed by atoms with van der Waals surface area (Å²) in [6, 6.07) is 9.77. The minimum atomic E-state index is -1.18. The first kappa shape index (κ1) is 23.3. The number of ether oxygens (including phenoxy) is 2. The Morgan fingerprint density at radius 2 is 1.97 bits per heavy atom. The number of amides is 1. The van der Waals surface area contributed by atoms with Crippen LogP contribution < -0.4 is 14.5 Å². The Balaban J connectivity index is 1.85. The number of hydrogen-bond acceptors (Lipinski definition) is 5. The highest BCUT2D eigenvalue weighted by Gasteiger charge is 2.29. The van der Waals surface area contributed by atoms with Gasteiger partial charge in [0.05, 0.1) is 41.3 Å². The highest BCUT2D eigenvalue weighted by atomic mass is 35.5. The molecule has 1 amide bonds. The Morgan fingerprint density at radius 1 is 1.22 bits per heavy atom. The minimum absolute atomic E-state index is 0.0900. The van der Waals surface area contributed by atoms with Gasteiger partial charge in [0.2, 0.25) is 0 Å². The van der Waals surface area contributed by atoms with Crippen molar-refractivity contribution in [3.05, 3.63) is 58.1 Å². The second kappa shape index (κ2) is 9.87. The van der Waals surface area contributed by atoms with Gasteiger partial charge in [-0.3, -0.25) is 4.79 Å². The molecule has 1 aliphatic rings. The van der Waals surface area contributed by atoms with E-state index in [1.54, 1.807) is 32.2 Å². The molecule has 7 nitrogen and oxygen atoms in total. The second-order valence-corrected chi connectivity index (χ2v) is 8.18. The summed E-state index contributed by atoms with van der Waals surface area (Å²) in [4.78, 5) is 24.4. The Bertz CT molecular complexity index is 1110. The van der Waals surface area contributed by atoms with Crippen LogP contribution in [0.5, 0.6) is 11.5 Å². The molecular weight excluding hydrogens is 432 g/mol. The Labute approximate surface area is 191 Å². The van der Waals surface area contributed by atoms with E-state index in [9.17, 15) is 14.7 Å². The largest absolute Gasteiger partial charge is 0.493 e. The molecule has 2 aromatic rings. The molecule has 0 atom stereocenters. The molecule has 168 valence electrons. The number of hydrazone groups is 1. The van der Waals surface area contributed by atoms with Crippen LogP contribution in [0.4, 0.5) is 5.69 Å². The topological polar surface area (TPSA) is 88.4 Å². The standard InChI is InChI=1S/C24H25ClN2O5/c1-14(2)9-10-32-21-8-5-16(12-22(21)31-4)11-18-15(3)26-27(23(18)28)17-6-7-20(25)19(13-17)24(29)30/h5-8,11-14H,9-10H2,1-4H3,(H,29,30)/b18-11-. The van der Waals surface area contributed by atoms with Crippen molar-refractivity contribution in [3.8, 4) is 11.5 Å². The van der Waals surface area contributed by atoms with Gasteiger partial charge in [0.15, 0.2) is 11.5 Å². The average Bonchev–Trinajstić information content (AvgIpc) is 3.02. The van der Waals surface area contributed by atoms with Crippen LogP contribution >= 0.6 is 11.6 Å².